The van der Waals surface area contributed by atoms with E-state index in [0.717, 1.165) is 0 Å². The van der Waals surface area contributed by atoms with Crippen molar-refractivity contribution in [2.75, 3.05) is 12.3 Å². The molecule has 2 aromatic rings. The average molecular weight is 328 g/mol. The van der Waals surface area contributed by atoms with E-state index in [0.29, 0.717) is 34.9 Å². The number of halogens is 1. The molecule has 3 heterocycles. The number of imidazole rings is 1. The van der Waals surface area contributed by atoms with Crippen molar-refractivity contribution in [2.24, 2.45) is 0 Å². The number of nitrogens with zero attached hydrogens (tertiary/aromatic N) is 4. The molecule has 0 amide bonds. The predicted molar refractivity (Wildman–Crippen MR) is 72.3 cm³/mol. The van der Waals surface area contributed by atoms with Crippen molar-refractivity contribution in [2.45, 2.75) is 32.3 Å². The number of anilines is 1. The van der Waals surface area contributed by atoms with E-state index >= 15 is 0 Å². The third-order valence-electron chi connectivity index (χ3n) is 2.97. The first-order chi connectivity index (χ1) is 8.96. The van der Waals surface area contributed by atoms with Gasteiger partial charge < -0.3 is 19.8 Å². The Balaban J connectivity index is 1.93. The monoisotopic (exact) mass is 327 g/mol. The molecule has 1 fully saturated rings. The summed E-state index contributed by atoms with van der Waals surface area (Å²) in [7, 11) is 0. The fourth-order valence-electron chi connectivity index (χ4n) is 2.15. The average Bonchev–Trinajstić information content (AvgIpc) is 2.83. The molecule has 2 N–H and O–H groups in total. The molecule has 8 heteroatoms. The van der Waals surface area contributed by atoms with Gasteiger partial charge in [-0.05, 0) is 29.8 Å². The maximum atomic E-state index is 5.79. The highest BCUT2D eigenvalue weighted by Gasteiger charge is 2.33. The smallest absolute Gasteiger partial charge is 0.179 e. The second-order valence-corrected chi connectivity index (χ2v) is 5.58. The quantitative estimate of drug-likeness (QED) is 0.837. The van der Waals surface area contributed by atoms with Crippen LogP contribution in [-0.2, 0) is 16.0 Å². The van der Waals surface area contributed by atoms with Gasteiger partial charge in [0.25, 0.3) is 0 Å². The van der Waals surface area contributed by atoms with Gasteiger partial charge in [-0.25, -0.2) is 15.0 Å². The van der Waals surface area contributed by atoms with Crippen molar-refractivity contribution < 1.29 is 9.47 Å². The standard InChI is InChI=1S/C11H14BrN5O2/c1-11(2)18-4-6(19-11)3-17-9-7(16-10(17)12)8(13)14-5-15-9/h5-6H,3-4H2,1-2H3,(H2,13,14,15). The topological polar surface area (TPSA) is 88.1 Å². The highest BCUT2D eigenvalue weighted by Crippen LogP contribution is 2.26. The first kappa shape index (κ1) is 12.8. The van der Waals surface area contributed by atoms with Gasteiger partial charge in [0.05, 0.1) is 13.2 Å². The van der Waals surface area contributed by atoms with E-state index in [4.69, 9.17) is 15.2 Å². The lowest BCUT2D eigenvalue weighted by atomic mass is 10.3. The lowest BCUT2D eigenvalue weighted by molar-refractivity contribution is -0.139. The second-order valence-electron chi connectivity index (χ2n) is 4.87. The molecule has 19 heavy (non-hydrogen) atoms. The Hall–Kier alpha value is -1.25. The molecule has 2 aromatic heterocycles. The number of hydrogen-bond acceptors (Lipinski definition) is 6. The zero-order chi connectivity index (χ0) is 13.6. The van der Waals surface area contributed by atoms with Crippen LogP contribution in [-0.4, -0.2) is 38.0 Å². The van der Waals surface area contributed by atoms with Gasteiger partial charge in [-0.3, -0.25) is 0 Å². The van der Waals surface area contributed by atoms with Crippen molar-refractivity contribution in [1.82, 2.24) is 19.5 Å². The van der Waals surface area contributed by atoms with Gasteiger partial charge in [0.2, 0.25) is 0 Å². The number of aromatic nitrogens is 4. The highest BCUT2D eigenvalue weighted by molar-refractivity contribution is 9.10. The molecule has 1 aliphatic heterocycles. The lowest BCUT2D eigenvalue weighted by Gasteiger charge is -2.17. The molecular weight excluding hydrogens is 314 g/mol. The van der Waals surface area contributed by atoms with Gasteiger partial charge in [-0.1, -0.05) is 0 Å². The molecule has 1 atom stereocenters. The molecule has 102 valence electrons. The summed E-state index contributed by atoms with van der Waals surface area (Å²) in [5.41, 5.74) is 7.06. The summed E-state index contributed by atoms with van der Waals surface area (Å²) in [6.07, 6.45) is 1.39. The molecular formula is C11H14BrN5O2. The van der Waals surface area contributed by atoms with Crippen molar-refractivity contribution in [3.05, 3.63) is 11.1 Å². The maximum absolute atomic E-state index is 5.79. The normalized spacial score (nSPS) is 22.2. The van der Waals surface area contributed by atoms with E-state index < -0.39 is 5.79 Å². The summed E-state index contributed by atoms with van der Waals surface area (Å²) in [6.45, 7) is 4.93. The maximum Gasteiger partial charge on any atom is 0.179 e. The fourth-order valence-corrected chi connectivity index (χ4v) is 2.64. The number of nitrogen functional groups attached to an aromatic ring is 1. The molecule has 1 saturated heterocycles. The summed E-state index contributed by atoms with van der Waals surface area (Å²) >= 11 is 3.41. The fraction of sp³-hybridized carbons (Fsp3) is 0.545. The van der Waals surface area contributed by atoms with Crippen LogP contribution in [0, 0.1) is 0 Å². The SMILES string of the molecule is CC1(C)OCC(Cn2c(Br)nc3c(N)ncnc32)O1. The van der Waals surface area contributed by atoms with Crippen LogP contribution in [0.2, 0.25) is 0 Å². The molecule has 0 aliphatic carbocycles. The number of ether oxygens (including phenoxy) is 2. The van der Waals surface area contributed by atoms with Crippen LogP contribution in [0.4, 0.5) is 5.82 Å². The van der Waals surface area contributed by atoms with Crippen LogP contribution < -0.4 is 5.73 Å². The van der Waals surface area contributed by atoms with E-state index in [1.54, 1.807) is 0 Å². The molecule has 0 spiro atoms. The second kappa shape index (κ2) is 4.39. The Labute approximate surface area is 118 Å². The Morgan fingerprint density at radius 1 is 1.53 bits per heavy atom. The minimum absolute atomic E-state index is 0.0418. The van der Waals surface area contributed by atoms with E-state index in [1.807, 2.05) is 18.4 Å². The summed E-state index contributed by atoms with van der Waals surface area (Å²) in [6, 6.07) is 0. The molecule has 0 aromatic carbocycles. The number of rotatable bonds is 2. The zero-order valence-corrected chi connectivity index (χ0v) is 12.2. The molecule has 0 radical (unpaired) electrons. The Morgan fingerprint density at radius 2 is 2.32 bits per heavy atom. The first-order valence-corrected chi connectivity index (χ1v) is 6.69. The lowest BCUT2D eigenvalue weighted by Crippen LogP contribution is -2.24. The largest absolute Gasteiger partial charge is 0.382 e. The summed E-state index contributed by atoms with van der Waals surface area (Å²) in [5.74, 6) is -0.171. The van der Waals surface area contributed by atoms with Gasteiger partial charge in [0.1, 0.15) is 12.4 Å². The van der Waals surface area contributed by atoms with Gasteiger partial charge >= 0.3 is 0 Å². The van der Waals surface area contributed by atoms with Gasteiger partial charge in [-0.15, -0.1) is 0 Å². The van der Waals surface area contributed by atoms with Gasteiger partial charge in [-0.2, -0.15) is 0 Å². The van der Waals surface area contributed by atoms with Crippen molar-refractivity contribution in [3.63, 3.8) is 0 Å². The third kappa shape index (κ3) is 2.31. The van der Waals surface area contributed by atoms with E-state index in [2.05, 4.69) is 30.9 Å². The van der Waals surface area contributed by atoms with Crippen LogP contribution in [0.5, 0.6) is 0 Å². The van der Waals surface area contributed by atoms with Crippen LogP contribution in [0.1, 0.15) is 13.8 Å². The molecule has 3 rings (SSSR count). The number of nitrogens with two attached hydrogens (primary N) is 1. The van der Waals surface area contributed by atoms with Crippen molar-refractivity contribution in [3.8, 4) is 0 Å². The third-order valence-corrected chi connectivity index (χ3v) is 3.57. The molecule has 1 unspecified atom stereocenters. The Morgan fingerprint density at radius 3 is 3.00 bits per heavy atom. The van der Waals surface area contributed by atoms with E-state index in [9.17, 15) is 0 Å². The van der Waals surface area contributed by atoms with Crippen molar-refractivity contribution in [1.29, 1.82) is 0 Å². The Kier molecular flexibility index (Phi) is 2.95. The molecule has 0 bridgehead atoms. The van der Waals surface area contributed by atoms with Crippen LogP contribution >= 0.6 is 15.9 Å². The predicted octanol–water partition coefficient (Wildman–Crippen LogP) is 1.32. The Bertz CT molecular complexity index is 627. The van der Waals surface area contributed by atoms with Gasteiger partial charge in [0.15, 0.2) is 27.5 Å². The first-order valence-electron chi connectivity index (χ1n) is 5.90. The minimum atomic E-state index is -0.540. The van der Waals surface area contributed by atoms with Crippen LogP contribution in [0.25, 0.3) is 11.2 Å². The van der Waals surface area contributed by atoms with Gasteiger partial charge in [0, 0.05) is 0 Å². The molecule has 0 saturated carbocycles. The van der Waals surface area contributed by atoms with E-state index in [1.165, 1.54) is 6.33 Å². The summed E-state index contributed by atoms with van der Waals surface area (Å²) < 4.78 is 13.9. The summed E-state index contributed by atoms with van der Waals surface area (Å²) in [5, 5.41) is 0. The van der Waals surface area contributed by atoms with E-state index in [-0.39, 0.29) is 6.10 Å². The van der Waals surface area contributed by atoms with Crippen molar-refractivity contribution >= 4 is 32.9 Å². The summed E-state index contributed by atoms with van der Waals surface area (Å²) in [4.78, 5) is 12.5. The number of hydrogen-bond donors (Lipinski definition) is 1. The van der Waals surface area contributed by atoms with Crippen LogP contribution in [0.3, 0.4) is 0 Å². The minimum Gasteiger partial charge on any atom is -0.382 e. The zero-order valence-electron chi connectivity index (χ0n) is 10.6. The highest BCUT2D eigenvalue weighted by atomic mass is 79.9. The molecule has 7 nitrogen and oxygen atoms in total. The number of fused-ring (bicyclic) bond motifs is 1. The van der Waals surface area contributed by atoms with Crippen LogP contribution in [0.15, 0.2) is 11.1 Å². The molecule has 1 aliphatic rings.